The van der Waals surface area contributed by atoms with Crippen LogP contribution in [0.3, 0.4) is 0 Å². The third-order valence-corrected chi connectivity index (χ3v) is 22.5. The van der Waals surface area contributed by atoms with Crippen LogP contribution in [0.25, 0.3) is 0 Å². The lowest BCUT2D eigenvalue weighted by molar-refractivity contribution is -0.148. The summed E-state index contributed by atoms with van der Waals surface area (Å²) in [6.45, 7) is 13.6. The summed E-state index contributed by atoms with van der Waals surface area (Å²) < 4.78 is 73.0. The molecule has 0 spiro atoms. The van der Waals surface area contributed by atoms with Gasteiger partial charge < -0.3 is 49.6 Å². The van der Waals surface area contributed by atoms with Gasteiger partial charge in [-0.25, -0.2) is 9.13 Å². The number of carbonyl (C=O) groups is 2. The van der Waals surface area contributed by atoms with Crippen LogP contribution in [0.15, 0.2) is 0 Å². The third kappa shape index (κ3) is 76.9. The maximum atomic E-state index is 13.3. The normalized spacial score (nSPS) is 14.8. The SMILES string of the molecule is CCCCCCCCCCCCCC(=O)NC(COCCC(CCCCCCC)OC(O)CCCCCCCCCCC)COP(=O)(O)OCCCCCCCCOP(=O)(O)OCC(COCCC(CCCCCCC)OC(O)CCCCCCCCCCC)NC(=O)CCCCCCCCCCCCC. The number of carbonyl (C=O) groups excluding carboxylic acids is 2. The van der Waals surface area contributed by atoms with Crippen molar-refractivity contribution in [1.82, 2.24) is 10.6 Å². The minimum Gasteiger partial charge on any atom is -0.379 e. The summed E-state index contributed by atoms with van der Waals surface area (Å²) in [7, 11) is -8.95. The van der Waals surface area contributed by atoms with Crippen molar-refractivity contribution in [3.63, 3.8) is 0 Å². The predicted molar refractivity (Wildman–Crippen MR) is 440 cm³/mol. The van der Waals surface area contributed by atoms with Gasteiger partial charge in [-0.3, -0.25) is 27.7 Å². The molecule has 8 unspecified atom stereocenters. The van der Waals surface area contributed by atoms with E-state index >= 15 is 0 Å². The molecule has 0 aliphatic carbocycles. The van der Waals surface area contributed by atoms with Crippen LogP contribution in [0.2, 0.25) is 0 Å². The number of unbranched alkanes of at least 4 members (excludes halogenated alkanes) is 49. The van der Waals surface area contributed by atoms with Crippen molar-refractivity contribution in [1.29, 1.82) is 0 Å². The van der Waals surface area contributed by atoms with Gasteiger partial charge in [-0.1, -0.05) is 363 Å². The Bertz CT molecular complexity index is 1800. The van der Waals surface area contributed by atoms with E-state index < -0.39 is 40.3 Å². The number of aliphatic hydroxyl groups excluding tert-OH is 2. The molecule has 0 saturated carbocycles. The number of phosphoric ester groups is 2. The smallest absolute Gasteiger partial charge is 0.379 e. The first-order valence-corrected chi connectivity index (χ1v) is 48.3. The van der Waals surface area contributed by atoms with Gasteiger partial charge in [0.2, 0.25) is 11.8 Å². The fraction of sp³-hybridized carbons (Fsp3) is 0.977. The number of hydrogen-bond donors (Lipinski definition) is 6. The van der Waals surface area contributed by atoms with Gasteiger partial charge in [0, 0.05) is 26.1 Å². The van der Waals surface area contributed by atoms with Crippen LogP contribution >= 0.6 is 15.6 Å². The first-order valence-electron chi connectivity index (χ1n) is 45.3. The summed E-state index contributed by atoms with van der Waals surface area (Å²) in [5, 5.41) is 27.9. The van der Waals surface area contributed by atoms with E-state index in [1.807, 2.05) is 0 Å². The van der Waals surface area contributed by atoms with Crippen LogP contribution in [0.5, 0.6) is 0 Å². The molecule has 0 rings (SSSR count). The minimum atomic E-state index is -4.47. The zero-order valence-corrected chi connectivity index (χ0v) is 71.7. The molecule has 0 saturated heterocycles. The van der Waals surface area contributed by atoms with Crippen molar-refractivity contribution in [3.05, 3.63) is 0 Å². The van der Waals surface area contributed by atoms with Gasteiger partial charge in [-0.05, 0) is 77.0 Å². The molecule has 8 atom stereocenters. The number of phosphoric acid groups is 2. The molecule has 0 heterocycles. The van der Waals surface area contributed by atoms with E-state index in [0.29, 0.717) is 64.6 Å². The third-order valence-electron chi connectivity index (χ3n) is 20.5. The second kappa shape index (κ2) is 80.5. The number of amides is 2. The fourth-order valence-electron chi connectivity index (χ4n) is 13.7. The highest BCUT2D eigenvalue weighted by molar-refractivity contribution is 7.47. The molecular weight excluding hydrogens is 1380 g/mol. The van der Waals surface area contributed by atoms with Gasteiger partial charge in [0.1, 0.15) is 0 Å². The number of nitrogens with one attached hydrogen (secondary N) is 2. The Morgan fingerprint density at radius 1 is 0.274 bits per heavy atom. The van der Waals surface area contributed by atoms with E-state index in [4.69, 9.17) is 37.0 Å². The number of ether oxygens (including phenoxy) is 4. The molecule has 2 amide bonds. The van der Waals surface area contributed by atoms with E-state index in [0.717, 1.165) is 128 Å². The monoisotopic (exact) mass is 1550 g/mol. The van der Waals surface area contributed by atoms with Crippen molar-refractivity contribution in [2.45, 2.75) is 489 Å². The molecular formula is C86H174N2O16P2. The highest BCUT2D eigenvalue weighted by atomic mass is 31.2. The number of hydrogen-bond acceptors (Lipinski definition) is 14. The van der Waals surface area contributed by atoms with Crippen LogP contribution < -0.4 is 10.6 Å². The Balaban J connectivity index is 5.41. The molecule has 0 bridgehead atoms. The molecule has 106 heavy (non-hydrogen) atoms. The number of rotatable bonds is 89. The van der Waals surface area contributed by atoms with Gasteiger partial charge in [0.15, 0.2) is 12.6 Å². The topological polar surface area (TPSA) is 247 Å². The van der Waals surface area contributed by atoms with Gasteiger partial charge in [-0.15, -0.1) is 0 Å². The summed E-state index contributed by atoms with van der Waals surface area (Å²) in [4.78, 5) is 48.2. The lowest BCUT2D eigenvalue weighted by Gasteiger charge is -2.23. The van der Waals surface area contributed by atoms with E-state index in [9.17, 15) is 38.7 Å². The second-order valence-electron chi connectivity index (χ2n) is 31.2. The van der Waals surface area contributed by atoms with Crippen LogP contribution in [-0.4, -0.2) is 122 Å². The molecule has 634 valence electrons. The van der Waals surface area contributed by atoms with Crippen molar-refractivity contribution >= 4 is 27.5 Å². The molecule has 0 aliphatic rings. The average Bonchev–Trinajstić information content (AvgIpc) is 0.920. The molecule has 0 radical (unpaired) electrons. The largest absolute Gasteiger partial charge is 0.472 e. The van der Waals surface area contributed by atoms with Gasteiger partial charge in [0.05, 0.1) is 63.9 Å². The minimum absolute atomic E-state index is 0.00268. The molecule has 0 fully saturated rings. The van der Waals surface area contributed by atoms with E-state index in [2.05, 4.69) is 52.2 Å². The summed E-state index contributed by atoms with van der Waals surface area (Å²) in [6.07, 6.45) is 65.8. The number of aliphatic hydroxyl groups is 2. The van der Waals surface area contributed by atoms with E-state index in [1.54, 1.807) is 0 Å². The summed E-state index contributed by atoms with van der Waals surface area (Å²) >= 11 is 0. The molecule has 0 aromatic heterocycles. The highest BCUT2D eigenvalue weighted by Gasteiger charge is 2.27. The van der Waals surface area contributed by atoms with Gasteiger partial charge >= 0.3 is 15.6 Å². The van der Waals surface area contributed by atoms with E-state index in [1.165, 1.54) is 231 Å². The van der Waals surface area contributed by atoms with Crippen LogP contribution in [-0.2, 0) is 55.8 Å². The first kappa shape index (κ1) is 105. The van der Waals surface area contributed by atoms with Crippen LogP contribution in [0.4, 0.5) is 0 Å². The quantitative estimate of drug-likeness (QED) is 0.0188. The maximum Gasteiger partial charge on any atom is 0.472 e. The fourth-order valence-corrected chi connectivity index (χ4v) is 15.3. The second-order valence-corrected chi connectivity index (χ2v) is 34.1. The van der Waals surface area contributed by atoms with Crippen LogP contribution in [0, 0.1) is 0 Å². The molecule has 6 N–H and O–H groups in total. The molecule has 18 nitrogen and oxygen atoms in total. The lowest BCUT2D eigenvalue weighted by atomic mass is 10.1. The van der Waals surface area contributed by atoms with Crippen molar-refractivity contribution in [2.24, 2.45) is 0 Å². The summed E-state index contributed by atoms with van der Waals surface area (Å²) in [5.74, 6) is -0.308. The zero-order valence-electron chi connectivity index (χ0n) is 70.0. The van der Waals surface area contributed by atoms with Gasteiger partial charge in [-0.2, -0.15) is 0 Å². The Kier molecular flexibility index (Phi) is 79.7. The predicted octanol–water partition coefficient (Wildman–Crippen LogP) is 24.7. The molecule has 0 aromatic rings. The Labute approximate surface area is 652 Å². The standard InChI is InChI=1S/C86H174N2O16P2/c1-7-13-19-25-29-33-35-39-41-49-57-65-83(89)87-79(75-97-73-69-81(63-55-47-23-17-11-5)103-85(91)67-59-51-43-37-31-27-21-15-9-3)77-101-105(93,94)99-71-61-53-45-46-54-62-72-100-106(95,96)102-78-80(88-84(90)66-58-50-42-40-36-34-30-26-20-14-8-2)76-98-74-70-82(64-56-48-24-18-12-6)104-86(92)68-60-52-44-38-32-28-22-16-10-4/h79-82,85-86,91-92H,7-78H2,1-6H3,(H,87,89)(H,88,90)(H,93,94)(H,95,96). The summed E-state index contributed by atoms with van der Waals surface area (Å²) in [5.41, 5.74) is 0. The molecule has 0 aliphatic heterocycles. The molecule has 20 heteroatoms. The first-order chi connectivity index (χ1) is 51.6. The Hall–Kier alpha value is -1.08. The van der Waals surface area contributed by atoms with Crippen molar-refractivity contribution < 1.29 is 75.8 Å². The maximum absolute atomic E-state index is 13.3. The summed E-state index contributed by atoms with van der Waals surface area (Å²) in [6, 6.07) is -1.37. The Morgan fingerprint density at radius 3 is 0.764 bits per heavy atom. The van der Waals surface area contributed by atoms with Crippen molar-refractivity contribution in [3.8, 4) is 0 Å². The van der Waals surface area contributed by atoms with Gasteiger partial charge in [0.25, 0.3) is 0 Å². The van der Waals surface area contributed by atoms with Crippen molar-refractivity contribution in [2.75, 3.05) is 52.9 Å². The van der Waals surface area contributed by atoms with Crippen LogP contribution in [0.1, 0.15) is 452 Å². The average molecular weight is 1550 g/mol. The zero-order chi connectivity index (χ0) is 77.6. The van der Waals surface area contributed by atoms with E-state index in [-0.39, 0.29) is 63.7 Å². The Morgan fingerprint density at radius 2 is 0.500 bits per heavy atom. The molecule has 0 aromatic carbocycles. The highest BCUT2D eigenvalue weighted by Crippen LogP contribution is 2.44. The lowest BCUT2D eigenvalue weighted by Crippen LogP contribution is -2.41.